The Morgan fingerprint density at radius 1 is 0.955 bits per heavy atom. The molecule has 11 heteroatoms. The Morgan fingerprint density at radius 3 is 1.86 bits per heavy atom. The molecule has 0 radical (unpaired) electrons. The number of nitrogens with one attached hydrogen (secondary N) is 1. The quantitative estimate of drug-likeness (QED) is 0.700. The van der Waals surface area contributed by atoms with Crippen LogP contribution in [0.4, 0.5) is 32.2 Å². The number of alkyl halides is 6. The third-order valence-corrected chi connectivity index (χ3v) is 3.29. The van der Waals surface area contributed by atoms with Crippen LogP contribution in [0.3, 0.4) is 0 Å². The van der Waals surface area contributed by atoms with E-state index in [1.807, 2.05) is 5.10 Å². The first-order valence-corrected chi connectivity index (χ1v) is 6.16. The summed E-state index contributed by atoms with van der Waals surface area (Å²) in [5.41, 5.74) is 1.43. The monoisotopic (exact) mass is 363 g/mol. The first-order chi connectivity index (χ1) is 9.93. The van der Waals surface area contributed by atoms with Crippen molar-refractivity contribution in [1.29, 1.82) is 0 Å². The van der Waals surface area contributed by atoms with Crippen molar-refractivity contribution in [3.05, 3.63) is 33.3 Å². The van der Waals surface area contributed by atoms with Gasteiger partial charge in [-0.05, 0) is 12.1 Å². The minimum Gasteiger partial charge on any atom is -0.382 e. The Kier molecular flexibility index (Phi) is 3.99. The molecule has 22 heavy (non-hydrogen) atoms. The molecule has 0 spiro atoms. The molecule has 3 N–H and O–H groups in total. The standard InChI is InChI=1S/C11H5Cl2F6N3/c12-4-1-3(10(14,15)16)2-5(13)6(4)8-7(11(17,18)19)9(20)22-21-8/h1-2H,(H3,20,21,22). The van der Waals surface area contributed by atoms with Crippen molar-refractivity contribution in [2.24, 2.45) is 0 Å². The summed E-state index contributed by atoms with van der Waals surface area (Å²) in [5, 5.41) is 3.96. The lowest BCUT2D eigenvalue weighted by Crippen LogP contribution is -2.09. The van der Waals surface area contributed by atoms with E-state index >= 15 is 0 Å². The second-order valence-electron chi connectivity index (χ2n) is 4.17. The van der Waals surface area contributed by atoms with E-state index in [4.69, 9.17) is 28.9 Å². The highest BCUT2D eigenvalue weighted by Gasteiger charge is 2.40. The fourth-order valence-corrected chi connectivity index (χ4v) is 2.48. The van der Waals surface area contributed by atoms with Gasteiger partial charge in [0.2, 0.25) is 0 Å². The molecule has 3 nitrogen and oxygen atoms in total. The maximum absolute atomic E-state index is 13.0. The topological polar surface area (TPSA) is 54.7 Å². The zero-order valence-corrected chi connectivity index (χ0v) is 11.7. The summed E-state index contributed by atoms with van der Waals surface area (Å²) < 4.78 is 76.7. The van der Waals surface area contributed by atoms with Crippen molar-refractivity contribution in [2.45, 2.75) is 12.4 Å². The van der Waals surface area contributed by atoms with E-state index in [2.05, 4.69) is 5.10 Å². The van der Waals surface area contributed by atoms with E-state index < -0.39 is 50.6 Å². The second kappa shape index (κ2) is 5.24. The molecule has 0 unspecified atom stereocenters. The van der Waals surface area contributed by atoms with Crippen molar-refractivity contribution in [3.63, 3.8) is 0 Å². The second-order valence-corrected chi connectivity index (χ2v) is 4.98. The summed E-state index contributed by atoms with van der Waals surface area (Å²) >= 11 is 11.3. The maximum atomic E-state index is 13.0. The number of anilines is 1. The molecule has 0 fully saturated rings. The third kappa shape index (κ3) is 2.95. The molecule has 2 rings (SSSR count). The Labute approximate surface area is 129 Å². The van der Waals surface area contributed by atoms with Crippen LogP contribution in [0.1, 0.15) is 11.1 Å². The molecule has 0 saturated heterocycles. The molecule has 0 bridgehead atoms. The number of aromatic nitrogens is 2. The third-order valence-electron chi connectivity index (χ3n) is 2.70. The van der Waals surface area contributed by atoms with Crippen LogP contribution in [0, 0.1) is 0 Å². The van der Waals surface area contributed by atoms with Crippen LogP contribution in [-0.4, -0.2) is 10.2 Å². The van der Waals surface area contributed by atoms with Crippen molar-refractivity contribution in [2.75, 3.05) is 5.73 Å². The smallest absolute Gasteiger partial charge is 0.382 e. The van der Waals surface area contributed by atoms with E-state index in [9.17, 15) is 26.3 Å². The molecule has 2 aromatic rings. The predicted octanol–water partition coefficient (Wildman–Crippen LogP) is 5.00. The Balaban J connectivity index is 2.71. The van der Waals surface area contributed by atoms with Gasteiger partial charge in [0.15, 0.2) is 5.82 Å². The van der Waals surface area contributed by atoms with Gasteiger partial charge in [-0.25, -0.2) is 0 Å². The fraction of sp³-hybridized carbons (Fsp3) is 0.182. The Hall–Kier alpha value is -1.61. The summed E-state index contributed by atoms with van der Waals surface area (Å²) in [5.74, 6) is -0.866. The largest absolute Gasteiger partial charge is 0.422 e. The highest BCUT2D eigenvalue weighted by atomic mass is 35.5. The number of aromatic amines is 1. The fourth-order valence-electron chi connectivity index (χ4n) is 1.80. The molecule has 1 aromatic carbocycles. The summed E-state index contributed by atoms with van der Waals surface area (Å²) in [4.78, 5) is 0. The highest BCUT2D eigenvalue weighted by molar-refractivity contribution is 6.39. The predicted molar refractivity (Wildman–Crippen MR) is 68.5 cm³/mol. The summed E-state index contributed by atoms with van der Waals surface area (Å²) in [6.07, 6.45) is -9.63. The first kappa shape index (κ1) is 16.8. The SMILES string of the molecule is Nc1n[nH]c(-c2c(Cl)cc(C(F)(F)F)cc2Cl)c1C(F)(F)F. The number of nitrogens with zero attached hydrogens (tertiary/aromatic N) is 1. The number of nitrogen functional groups attached to an aromatic ring is 1. The van der Waals surface area contributed by atoms with E-state index in [-0.39, 0.29) is 0 Å². The molecule has 0 aliphatic rings. The lowest BCUT2D eigenvalue weighted by atomic mass is 10.0. The molecular weight excluding hydrogens is 359 g/mol. The minimum absolute atomic E-state index is 0.465. The Morgan fingerprint density at radius 2 is 1.45 bits per heavy atom. The zero-order valence-electron chi connectivity index (χ0n) is 10.2. The van der Waals surface area contributed by atoms with Gasteiger partial charge in [0, 0.05) is 5.56 Å². The summed E-state index contributed by atoms with van der Waals surface area (Å²) in [6.45, 7) is 0. The number of H-pyrrole nitrogens is 1. The average molecular weight is 364 g/mol. The molecule has 1 heterocycles. The van der Waals surface area contributed by atoms with Gasteiger partial charge in [0.05, 0.1) is 21.3 Å². The van der Waals surface area contributed by atoms with Crippen LogP contribution in [0.25, 0.3) is 11.3 Å². The minimum atomic E-state index is -4.89. The summed E-state index contributed by atoms with van der Waals surface area (Å²) in [7, 11) is 0. The molecule has 0 saturated carbocycles. The normalized spacial score (nSPS) is 12.7. The molecule has 0 aliphatic carbocycles. The summed E-state index contributed by atoms with van der Waals surface area (Å²) in [6, 6.07) is 0.944. The van der Waals surface area contributed by atoms with E-state index in [1.165, 1.54) is 0 Å². The van der Waals surface area contributed by atoms with Gasteiger partial charge < -0.3 is 5.73 Å². The molecule has 120 valence electrons. The number of rotatable bonds is 1. The first-order valence-electron chi connectivity index (χ1n) is 5.40. The zero-order chi connectivity index (χ0) is 16.9. The molecule has 1 aromatic heterocycles. The van der Waals surface area contributed by atoms with Gasteiger partial charge in [-0.15, -0.1) is 0 Å². The van der Waals surface area contributed by atoms with Crippen molar-refractivity contribution in [3.8, 4) is 11.3 Å². The van der Waals surface area contributed by atoms with Gasteiger partial charge in [-0.1, -0.05) is 23.2 Å². The number of hydrogen-bond donors (Lipinski definition) is 2. The van der Waals surface area contributed by atoms with Crippen LogP contribution in [0.2, 0.25) is 10.0 Å². The Bertz CT molecular complexity index is 697. The highest BCUT2D eigenvalue weighted by Crippen LogP contribution is 2.45. The molecular formula is C11H5Cl2F6N3. The van der Waals surface area contributed by atoms with Crippen molar-refractivity contribution >= 4 is 29.0 Å². The van der Waals surface area contributed by atoms with Gasteiger partial charge in [0.1, 0.15) is 5.56 Å². The maximum Gasteiger partial charge on any atom is 0.422 e. The van der Waals surface area contributed by atoms with Crippen LogP contribution < -0.4 is 5.73 Å². The number of benzene rings is 1. The van der Waals surface area contributed by atoms with Crippen LogP contribution >= 0.6 is 23.2 Å². The average Bonchev–Trinajstić information content (AvgIpc) is 2.68. The van der Waals surface area contributed by atoms with Gasteiger partial charge >= 0.3 is 12.4 Å². The van der Waals surface area contributed by atoms with Gasteiger partial charge in [-0.2, -0.15) is 31.4 Å². The molecule has 0 amide bonds. The number of hydrogen-bond acceptors (Lipinski definition) is 2. The number of halogens is 8. The van der Waals surface area contributed by atoms with Gasteiger partial charge in [-0.3, -0.25) is 5.10 Å². The number of nitrogens with two attached hydrogens (primary N) is 1. The lowest BCUT2D eigenvalue weighted by molar-refractivity contribution is -0.138. The van der Waals surface area contributed by atoms with Crippen LogP contribution in [0.15, 0.2) is 12.1 Å². The van der Waals surface area contributed by atoms with Crippen LogP contribution in [-0.2, 0) is 12.4 Å². The lowest BCUT2D eigenvalue weighted by Gasteiger charge is -2.13. The van der Waals surface area contributed by atoms with E-state index in [0.717, 1.165) is 0 Å². The van der Waals surface area contributed by atoms with Crippen molar-refractivity contribution in [1.82, 2.24) is 10.2 Å². The van der Waals surface area contributed by atoms with E-state index in [0.29, 0.717) is 12.1 Å². The van der Waals surface area contributed by atoms with Crippen LogP contribution in [0.5, 0.6) is 0 Å². The molecule has 0 aliphatic heterocycles. The molecule has 0 atom stereocenters. The van der Waals surface area contributed by atoms with Gasteiger partial charge in [0.25, 0.3) is 0 Å². The van der Waals surface area contributed by atoms with E-state index in [1.54, 1.807) is 0 Å². The van der Waals surface area contributed by atoms with Crippen molar-refractivity contribution < 1.29 is 26.3 Å².